The summed E-state index contributed by atoms with van der Waals surface area (Å²) in [5.74, 6) is -0.199. The SMILES string of the molecule is Cc1cccc(N2CCN(C(=O)N3CCN(c4ccccc4F)CC3)CC2)c1C. The summed E-state index contributed by atoms with van der Waals surface area (Å²) in [5, 5.41) is 0. The lowest BCUT2D eigenvalue weighted by atomic mass is 10.1. The molecule has 0 atom stereocenters. The Labute approximate surface area is 172 Å². The van der Waals surface area contributed by atoms with Crippen molar-refractivity contribution < 1.29 is 9.18 Å². The van der Waals surface area contributed by atoms with E-state index in [0.29, 0.717) is 31.9 Å². The molecular formula is C23H29FN4O. The van der Waals surface area contributed by atoms with E-state index in [4.69, 9.17) is 0 Å². The number of rotatable bonds is 2. The molecule has 4 rings (SSSR count). The molecule has 2 fully saturated rings. The normalized spacial score (nSPS) is 17.6. The van der Waals surface area contributed by atoms with Gasteiger partial charge in [-0.3, -0.25) is 0 Å². The minimum Gasteiger partial charge on any atom is -0.368 e. The minimum absolute atomic E-state index is 0.110. The Balaban J connectivity index is 1.31. The minimum atomic E-state index is -0.199. The molecule has 29 heavy (non-hydrogen) atoms. The van der Waals surface area contributed by atoms with Crippen LogP contribution in [0.1, 0.15) is 11.1 Å². The molecule has 0 aliphatic carbocycles. The van der Waals surface area contributed by atoms with Crippen LogP contribution in [-0.2, 0) is 0 Å². The second-order valence-electron chi connectivity index (χ2n) is 7.90. The Bertz CT molecular complexity index is 871. The van der Waals surface area contributed by atoms with Crippen LogP contribution < -0.4 is 9.80 Å². The molecular weight excluding hydrogens is 367 g/mol. The summed E-state index contributed by atoms with van der Waals surface area (Å²) in [6.07, 6.45) is 0. The van der Waals surface area contributed by atoms with Gasteiger partial charge in [0.15, 0.2) is 0 Å². The van der Waals surface area contributed by atoms with E-state index in [1.54, 1.807) is 12.1 Å². The van der Waals surface area contributed by atoms with Crippen LogP contribution in [0.15, 0.2) is 42.5 Å². The van der Waals surface area contributed by atoms with E-state index in [-0.39, 0.29) is 11.8 Å². The van der Waals surface area contributed by atoms with Crippen LogP contribution in [0.25, 0.3) is 0 Å². The molecule has 0 spiro atoms. The average molecular weight is 397 g/mol. The second-order valence-corrected chi connectivity index (χ2v) is 7.90. The Kier molecular flexibility index (Phi) is 5.60. The van der Waals surface area contributed by atoms with E-state index in [1.165, 1.54) is 22.9 Å². The van der Waals surface area contributed by atoms with Gasteiger partial charge in [0, 0.05) is 58.0 Å². The fraction of sp³-hybridized carbons (Fsp3) is 0.435. The summed E-state index contributed by atoms with van der Waals surface area (Å²) in [7, 11) is 0. The number of carbonyl (C=O) groups is 1. The standard InChI is InChI=1S/C23H29FN4O/c1-18-6-5-9-21(19(18)2)25-10-14-27(15-11-25)23(29)28-16-12-26(13-17-28)22-8-4-3-7-20(22)24/h3-9H,10-17H2,1-2H3. The highest BCUT2D eigenvalue weighted by molar-refractivity contribution is 5.75. The number of hydrogen-bond donors (Lipinski definition) is 0. The summed E-state index contributed by atoms with van der Waals surface area (Å²) in [4.78, 5) is 21.2. The number of aryl methyl sites for hydroxylation is 1. The first kappa shape index (κ1) is 19.6. The number of amides is 2. The summed E-state index contributed by atoms with van der Waals surface area (Å²) in [5.41, 5.74) is 4.52. The molecule has 2 aromatic rings. The van der Waals surface area contributed by atoms with E-state index >= 15 is 0 Å². The maximum atomic E-state index is 14.0. The summed E-state index contributed by atoms with van der Waals surface area (Å²) in [6.45, 7) is 10.1. The number of anilines is 2. The maximum Gasteiger partial charge on any atom is 0.320 e. The van der Waals surface area contributed by atoms with Gasteiger partial charge in [0.25, 0.3) is 0 Å². The van der Waals surface area contributed by atoms with Crippen LogP contribution in [0.2, 0.25) is 0 Å². The topological polar surface area (TPSA) is 30.0 Å². The van der Waals surface area contributed by atoms with Crippen molar-refractivity contribution in [1.82, 2.24) is 9.80 Å². The van der Waals surface area contributed by atoms with Gasteiger partial charge >= 0.3 is 6.03 Å². The van der Waals surface area contributed by atoms with Crippen molar-refractivity contribution in [2.45, 2.75) is 13.8 Å². The van der Waals surface area contributed by atoms with E-state index in [9.17, 15) is 9.18 Å². The molecule has 2 aromatic carbocycles. The number of para-hydroxylation sites is 1. The molecule has 0 N–H and O–H groups in total. The van der Waals surface area contributed by atoms with E-state index < -0.39 is 0 Å². The third-order valence-corrected chi connectivity index (χ3v) is 6.21. The molecule has 0 radical (unpaired) electrons. The van der Waals surface area contributed by atoms with Crippen LogP contribution in [0.3, 0.4) is 0 Å². The Morgan fingerprint density at radius 2 is 1.24 bits per heavy atom. The molecule has 5 nitrogen and oxygen atoms in total. The van der Waals surface area contributed by atoms with Gasteiger partial charge in [-0.05, 0) is 43.2 Å². The molecule has 2 amide bonds. The van der Waals surface area contributed by atoms with Crippen molar-refractivity contribution in [3.05, 3.63) is 59.4 Å². The van der Waals surface area contributed by atoms with E-state index in [2.05, 4.69) is 36.9 Å². The first-order valence-electron chi connectivity index (χ1n) is 10.4. The molecule has 2 aliphatic heterocycles. The van der Waals surface area contributed by atoms with E-state index in [1.807, 2.05) is 20.8 Å². The number of hydrogen-bond acceptors (Lipinski definition) is 3. The molecule has 2 saturated heterocycles. The van der Waals surface area contributed by atoms with Gasteiger partial charge in [-0.15, -0.1) is 0 Å². The van der Waals surface area contributed by atoms with Crippen molar-refractivity contribution in [3.63, 3.8) is 0 Å². The fourth-order valence-corrected chi connectivity index (χ4v) is 4.26. The summed E-state index contributed by atoms with van der Waals surface area (Å²) >= 11 is 0. The Morgan fingerprint density at radius 1 is 0.724 bits per heavy atom. The quantitative estimate of drug-likeness (QED) is 0.778. The number of urea groups is 1. The summed E-state index contributed by atoms with van der Waals surface area (Å²) < 4.78 is 14.0. The number of halogens is 1. The zero-order valence-electron chi connectivity index (χ0n) is 17.3. The molecule has 2 aliphatic rings. The van der Waals surface area contributed by atoms with Crippen molar-refractivity contribution in [3.8, 4) is 0 Å². The highest BCUT2D eigenvalue weighted by Gasteiger charge is 2.28. The number of piperazine rings is 2. The second kappa shape index (κ2) is 8.31. The lowest BCUT2D eigenvalue weighted by Gasteiger charge is -2.42. The number of benzene rings is 2. The van der Waals surface area contributed by atoms with Crippen LogP contribution in [0.5, 0.6) is 0 Å². The van der Waals surface area contributed by atoms with Crippen molar-refractivity contribution in [2.75, 3.05) is 62.2 Å². The zero-order chi connectivity index (χ0) is 20.4. The molecule has 0 bridgehead atoms. The number of nitrogens with zero attached hydrogens (tertiary/aromatic N) is 4. The average Bonchev–Trinajstić information content (AvgIpc) is 2.76. The molecule has 0 unspecified atom stereocenters. The van der Waals surface area contributed by atoms with Crippen LogP contribution in [0, 0.1) is 19.7 Å². The summed E-state index contributed by atoms with van der Waals surface area (Å²) in [6, 6.07) is 13.4. The molecule has 6 heteroatoms. The van der Waals surface area contributed by atoms with Gasteiger partial charge in [-0.2, -0.15) is 0 Å². The van der Waals surface area contributed by atoms with Gasteiger partial charge in [0.05, 0.1) is 5.69 Å². The predicted molar refractivity (Wildman–Crippen MR) is 115 cm³/mol. The monoisotopic (exact) mass is 396 g/mol. The van der Waals surface area contributed by atoms with Crippen LogP contribution >= 0.6 is 0 Å². The zero-order valence-corrected chi connectivity index (χ0v) is 17.3. The first-order valence-corrected chi connectivity index (χ1v) is 10.4. The van der Waals surface area contributed by atoms with Gasteiger partial charge in [-0.25, -0.2) is 9.18 Å². The van der Waals surface area contributed by atoms with E-state index in [0.717, 1.165) is 26.2 Å². The Hall–Kier alpha value is -2.76. The molecule has 2 heterocycles. The third kappa shape index (κ3) is 4.02. The van der Waals surface area contributed by atoms with Crippen molar-refractivity contribution >= 4 is 17.4 Å². The fourth-order valence-electron chi connectivity index (χ4n) is 4.26. The van der Waals surface area contributed by atoms with Crippen molar-refractivity contribution in [1.29, 1.82) is 0 Å². The largest absolute Gasteiger partial charge is 0.368 e. The smallest absolute Gasteiger partial charge is 0.320 e. The lowest BCUT2D eigenvalue weighted by Crippen LogP contribution is -2.57. The van der Waals surface area contributed by atoms with Crippen LogP contribution in [-0.4, -0.2) is 68.2 Å². The first-order chi connectivity index (χ1) is 14.0. The number of carbonyl (C=O) groups excluding carboxylic acids is 1. The molecule has 0 aromatic heterocycles. The lowest BCUT2D eigenvalue weighted by molar-refractivity contribution is 0.147. The Morgan fingerprint density at radius 3 is 1.83 bits per heavy atom. The van der Waals surface area contributed by atoms with Gasteiger partial charge in [0.2, 0.25) is 0 Å². The van der Waals surface area contributed by atoms with Gasteiger partial charge < -0.3 is 19.6 Å². The third-order valence-electron chi connectivity index (χ3n) is 6.21. The highest BCUT2D eigenvalue weighted by atomic mass is 19.1. The predicted octanol–water partition coefficient (Wildman–Crippen LogP) is 3.51. The highest BCUT2D eigenvalue weighted by Crippen LogP contribution is 2.25. The maximum absolute atomic E-state index is 14.0. The van der Waals surface area contributed by atoms with Gasteiger partial charge in [0.1, 0.15) is 5.82 Å². The van der Waals surface area contributed by atoms with Crippen LogP contribution in [0.4, 0.5) is 20.6 Å². The van der Waals surface area contributed by atoms with Gasteiger partial charge in [-0.1, -0.05) is 24.3 Å². The molecule has 0 saturated carbocycles. The molecule has 154 valence electrons. The van der Waals surface area contributed by atoms with Crippen molar-refractivity contribution in [2.24, 2.45) is 0 Å².